The van der Waals surface area contributed by atoms with Gasteiger partial charge >= 0.3 is 0 Å². The molecule has 1 aliphatic rings. The van der Waals surface area contributed by atoms with E-state index in [9.17, 15) is 9.59 Å². The smallest absolute Gasteiger partial charge is 0.239 e. The number of halogens is 1. The molecular weight excluding hydrogens is 408 g/mol. The van der Waals surface area contributed by atoms with Crippen molar-refractivity contribution >= 4 is 33.6 Å². The minimum Gasteiger partial charge on any atom is -0.340 e. The highest BCUT2D eigenvalue weighted by Crippen LogP contribution is 2.12. The molecule has 0 spiro atoms. The Morgan fingerprint density at radius 2 is 1.85 bits per heavy atom. The number of nitrogens with zero attached hydrogens (tertiary/aromatic N) is 3. The molecule has 6 nitrogen and oxygen atoms in total. The van der Waals surface area contributed by atoms with E-state index in [1.54, 1.807) is 12.3 Å². The van der Waals surface area contributed by atoms with Crippen LogP contribution in [0.2, 0.25) is 0 Å². The van der Waals surface area contributed by atoms with Gasteiger partial charge in [-0.25, -0.2) is 4.98 Å². The summed E-state index contributed by atoms with van der Waals surface area (Å²) in [4.78, 5) is 32.8. The van der Waals surface area contributed by atoms with Crippen molar-refractivity contribution in [3.8, 4) is 0 Å². The van der Waals surface area contributed by atoms with E-state index in [1.165, 1.54) is 0 Å². The van der Waals surface area contributed by atoms with Crippen molar-refractivity contribution < 1.29 is 9.59 Å². The third kappa shape index (κ3) is 5.61. The second-order valence-corrected chi connectivity index (χ2v) is 7.59. The minimum absolute atomic E-state index is 0.0930. The van der Waals surface area contributed by atoms with Crippen molar-refractivity contribution in [1.82, 2.24) is 14.8 Å². The Bertz CT molecular complexity index is 802. The lowest BCUT2D eigenvalue weighted by molar-refractivity contribution is -0.132. The number of aromatic nitrogens is 1. The molecule has 0 radical (unpaired) electrons. The van der Waals surface area contributed by atoms with Crippen LogP contribution in [0.3, 0.4) is 0 Å². The molecule has 0 saturated carbocycles. The van der Waals surface area contributed by atoms with E-state index in [1.807, 2.05) is 42.2 Å². The van der Waals surface area contributed by atoms with E-state index in [2.05, 4.69) is 31.1 Å². The zero-order valence-electron chi connectivity index (χ0n) is 15.3. The number of carbonyl (C=O) groups is 2. The molecule has 2 aromatic rings. The molecule has 3 rings (SSSR count). The average molecular weight is 431 g/mol. The first kappa shape index (κ1) is 19.5. The van der Waals surface area contributed by atoms with Crippen LogP contribution in [-0.4, -0.2) is 59.3 Å². The fourth-order valence-corrected chi connectivity index (χ4v) is 3.31. The van der Waals surface area contributed by atoms with Crippen molar-refractivity contribution in [2.75, 3.05) is 38.0 Å². The summed E-state index contributed by atoms with van der Waals surface area (Å²) in [5.74, 6) is 0.590. The molecule has 0 unspecified atom stereocenters. The first-order chi connectivity index (χ1) is 13.0. The molecule has 0 bridgehead atoms. The van der Waals surface area contributed by atoms with Gasteiger partial charge in [-0.3, -0.25) is 14.5 Å². The molecule has 7 heteroatoms. The minimum atomic E-state index is -0.0930. The van der Waals surface area contributed by atoms with Crippen LogP contribution in [0.1, 0.15) is 11.1 Å². The number of rotatable bonds is 5. The zero-order valence-corrected chi connectivity index (χ0v) is 16.9. The van der Waals surface area contributed by atoms with Crippen molar-refractivity contribution in [2.45, 2.75) is 13.3 Å². The topological polar surface area (TPSA) is 65.5 Å². The van der Waals surface area contributed by atoms with E-state index in [0.29, 0.717) is 45.0 Å². The Morgan fingerprint density at radius 3 is 2.52 bits per heavy atom. The molecule has 142 valence electrons. The molecule has 1 N–H and O–H groups in total. The number of piperazine rings is 1. The lowest BCUT2D eigenvalue weighted by Crippen LogP contribution is -2.50. The molecular formula is C20H23BrN4O2. The molecule has 2 heterocycles. The maximum Gasteiger partial charge on any atom is 0.239 e. The highest BCUT2D eigenvalue weighted by molar-refractivity contribution is 9.10. The number of aryl methyl sites for hydroxylation is 1. The zero-order chi connectivity index (χ0) is 19.2. The summed E-state index contributed by atoms with van der Waals surface area (Å²) in [6, 6.07) is 11.6. The van der Waals surface area contributed by atoms with Crippen LogP contribution in [0.5, 0.6) is 0 Å². The largest absolute Gasteiger partial charge is 0.340 e. The van der Waals surface area contributed by atoms with E-state index in [0.717, 1.165) is 15.6 Å². The Morgan fingerprint density at radius 1 is 1.11 bits per heavy atom. The molecule has 1 aromatic heterocycles. The Balaban J connectivity index is 1.44. The molecule has 27 heavy (non-hydrogen) atoms. The van der Waals surface area contributed by atoms with Gasteiger partial charge in [0.15, 0.2) is 0 Å². The maximum atomic E-state index is 12.5. The number of benzene rings is 1. The van der Waals surface area contributed by atoms with E-state index < -0.39 is 0 Å². The second kappa shape index (κ2) is 9.10. The predicted octanol–water partition coefficient (Wildman–Crippen LogP) is 2.48. The molecule has 1 fully saturated rings. The van der Waals surface area contributed by atoms with Crippen LogP contribution in [0.25, 0.3) is 0 Å². The Kier molecular flexibility index (Phi) is 6.58. The summed E-state index contributed by atoms with van der Waals surface area (Å²) < 4.78 is 0.868. The van der Waals surface area contributed by atoms with Crippen molar-refractivity contribution in [3.63, 3.8) is 0 Å². The standard InChI is InChI=1S/C20H23BrN4O2/c1-15-4-2-3-5-16(15)12-20(27)25-10-8-24(9-11-25)14-19(26)23-18-7-6-17(21)13-22-18/h2-7,13H,8-12,14H2,1H3,(H,22,23,26). The van der Waals surface area contributed by atoms with Gasteiger partial charge in [-0.1, -0.05) is 24.3 Å². The maximum absolute atomic E-state index is 12.5. The number of pyridine rings is 1. The fraction of sp³-hybridized carbons (Fsp3) is 0.350. The Hall–Kier alpha value is -2.25. The summed E-state index contributed by atoms with van der Waals surface area (Å²) >= 11 is 3.32. The molecule has 0 atom stereocenters. The first-order valence-corrected chi connectivity index (χ1v) is 9.76. The van der Waals surface area contributed by atoms with Crippen LogP contribution in [-0.2, 0) is 16.0 Å². The lowest BCUT2D eigenvalue weighted by atomic mass is 10.1. The number of carbonyl (C=O) groups excluding carboxylic acids is 2. The van der Waals surface area contributed by atoms with Crippen molar-refractivity contribution in [3.05, 3.63) is 58.2 Å². The fourth-order valence-electron chi connectivity index (χ4n) is 3.07. The van der Waals surface area contributed by atoms with Gasteiger partial charge in [-0.2, -0.15) is 0 Å². The van der Waals surface area contributed by atoms with Gasteiger partial charge in [0.1, 0.15) is 5.82 Å². The SMILES string of the molecule is Cc1ccccc1CC(=O)N1CCN(CC(=O)Nc2ccc(Br)cn2)CC1. The van der Waals surface area contributed by atoms with Gasteiger partial charge in [0, 0.05) is 36.8 Å². The van der Waals surface area contributed by atoms with Crippen LogP contribution < -0.4 is 5.32 Å². The summed E-state index contributed by atoms with van der Waals surface area (Å²) in [7, 11) is 0. The molecule has 1 saturated heterocycles. The van der Waals surface area contributed by atoms with Crippen molar-refractivity contribution in [1.29, 1.82) is 0 Å². The summed E-state index contributed by atoms with van der Waals surface area (Å²) in [6.45, 7) is 5.02. The van der Waals surface area contributed by atoms with E-state index in [-0.39, 0.29) is 11.8 Å². The monoisotopic (exact) mass is 430 g/mol. The van der Waals surface area contributed by atoms with Crippen LogP contribution in [0.15, 0.2) is 47.1 Å². The lowest BCUT2D eigenvalue weighted by Gasteiger charge is -2.34. The van der Waals surface area contributed by atoms with Crippen LogP contribution in [0, 0.1) is 6.92 Å². The third-order valence-corrected chi connectivity index (χ3v) is 5.16. The third-order valence-electron chi connectivity index (χ3n) is 4.69. The molecule has 1 aromatic carbocycles. The molecule has 1 aliphatic heterocycles. The first-order valence-electron chi connectivity index (χ1n) is 8.97. The summed E-state index contributed by atoms with van der Waals surface area (Å²) in [6.07, 6.45) is 2.08. The van der Waals surface area contributed by atoms with Gasteiger partial charge in [-0.05, 0) is 46.1 Å². The van der Waals surface area contributed by atoms with Crippen LogP contribution >= 0.6 is 15.9 Å². The molecule has 2 amide bonds. The van der Waals surface area contributed by atoms with E-state index >= 15 is 0 Å². The Labute approximate surface area is 167 Å². The normalized spacial score (nSPS) is 14.8. The highest BCUT2D eigenvalue weighted by atomic mass is 79.9. The van der Waals surface area contributed by atoms with Gasteiger partial charge < -0.3 is 10.2 Å². The van der Waals surface area contributed by atoms with Gasteiger partial charge in [0.25, 0.3) is 0 Å². The number of amides is 2. The quantitative estimate of drug-likeness (QED) is 0.790. The van der Waals surface area contributed by atoms with Crippen LogP contribution in [0.4, 0.5) is 5.82 Å². The average Bonchev–Trinajstić information content (AvgIpc) is 2.66. The number of nitrogens with one attached hydrogen (secondary N) is 1. The number of anilines is 1. The summed E-state index contributed by atoms with van der Waals surface area (Å²) in [5.41, 5.74) is 2.22. The second-order valence-electron chi connectivity index (χ2n) is 6.67. The van der Waals surface area contributed by atoms with Gasteiger partial charge in [0.2, 0.25) is 11.8 Å². The van der Waals surface area contributed by atoms with Crippen molar-refractivity contribution in [2.24, 2.45) is 0 Å². The highest BCUT2D eigenvalue weighted by Gasteiger charge is 2.22. The predicted molar refractivity (Wildman–Crippen MR) is 108 cm³/mol. The number of hydrogen-bond donors (Lipinski definition) is 1. The molecule has 0 aliphatic carbocycles. The van der Waals surface area contributed by atoms with Gasteiger partial charge in [0.05, 0.1) is 13.0 Å². The van der Waals surface area contributed by atoms with Gasteiger partial charge in [-0.15, -0.1) is 0 Å². The number of hydrogen-bond acceptors (Lipinski definition) is 4. The summed E-state index contributed by atoms with van der Waals surface area (Å²) in [5, 5.41) is 2.80. The van der Waals surface area contributed by atoms with E-state index in [4.69, 9.17) is 0 Å².